The van der Waals surface area contributed by atoms with E-state index >= 15 is 0 Å². The van der Waals surface area contributed by atoms with Gasteiger partial charge >= 0.3 is 5.97 Å². The molecule has 1 amide bonds. The second-order valence-electron chi connectivity index (χ2n) is 5.48. The van der Waals surface area contributed by atoms with Gasteiger partial charge in [-0.3, -0.25) is 14.3 Å². The van der Waals surface area contributed by atoms with Crippen molar-refractivity contribution < 1.29 is 14.3 Å². The van der Waals surface area contributed by atoms with Gasteiger partial charge in [-0.25, -0.2) is 0 Å². The molecule has 1 saturated heterocycles. The van der Waals surface area contributed by atoms with Crippen LogP contribution in [-0.4, -0.2) is 40.2 Å². The molecule has 1 aromatic heterocycles. The summed E-state index contributed by atoms with van der Waals surface area (Å²) >= 11 is 0. The molecule has 2 heterocycles. The Morgan fingerprint density at radius 2 is 2.19 bits per heavy atom. The molecule has 6 nitrogen and oxygen atoms in total. The molecule has 0 N–H and O–H groups in total. The fraction of sp³-hybridized carbons (Fsp3) is 0.667. The first kappa shape index (κ1) is 15.5. The van der Waals surface area contributed by atoms with E-state index in [1.165, 1.54) is 7.11 Å². The van der Waals surface area contributed by atoms with Gasteiger partial charge in [0.25, 0.3) is 0 Å². The minimum absolute atomic E-state index is 0.115. The highest BCUT2D eigenvalue weighted by molar-refractivity contribution is 5.78. The van der Waals surface area contributed by atoms with Crippen LogP contribution in [0.15, 0.2) is 6.20 Å². The Morgan fingerprint density at radius 3 is 2.81 bits per heavy atom. The summed E-state index contributed by atoms with van der Waals surface area (Å²) in [6.07, 6.45) is 5.09. The quantitative estimate of drug-likeness (QED) is 0.776. The van der Waals surface area contributed by atoms with Crippen LogP contribution in [0.25, 0.3) is 0 Å². The first-order valence-electron chi connectivity index (χ1n) is 7.39. The normalized spacial score (nSPS) is 18.0. The van der Waals surface area contributed by atoms with Crippen molar-refractivity contribution in [3.63, 3.8) is 0 Å². The maximum atomic E-state index is 12.4. The molecule has 0 spiro atoms. The lowest BCUT2D eigenvalue weighted by atomic mass is 10.1. The highest BCUT2D eigenvalue weighted by Gasteiger charge is 2.31. The molecule has 1 aromatic rings. The molecule has 0 unspecified atom stereocenters. The summed E-state index contributed by atoms with van der Waals surface area (Å²) in [5.74, 6) is -0.145. The Morgan fingerprint density at radius 1 is 1.43 bits per heavy atom. The highest BCUT2D eigenvalue weighted by atomic mass is 16.5. The van der Waals surface area contributed by atoms with Crippen LogP contribution >= 0.6 is 0 Å². The zero-order valence-corrected chi connectivity index (χ0v) is 13.0. The van der Waals surface area contributed by atoms with Gasteiger partial charge in [0.15, 0.2) is 0 Å². The van der Waals surface area contributed by atoms with Crippen molar-refractivity contribution in [2.45, 2.75) is 45.1 Å². The van der Waals surface area contributed by atoms with Crippen molar-refractivity contribution in [1.29, 1.82) is 0 Å². The summed E-state index contributed by atoms with van der Waals surface area (Å²) in [4.78, 5) is 25.4. The second-order valence-corrected chi connectivity index (χ2v) is 5.48. The predicted octanol–water partition coefficient (Wildman–Crippen LogP) is 1.74. The lowest BCUT2D eigenvalue weighted by Gasteiger charge is -2.24. The van der Waals surface area contributed by atoms with Crippen LogP contribution in [0.4, 0.5) is 0 Å². The number of hydrogen-bond acceptors (Lipinski definition) is 4. The van der Waals surface area contributed by atoms with Crippen molar-refractivity contribution in [3.05, 3.63) is 17.5 Å². The molecule has 1 atom stereocenters. The molecule has 6 heteroatoms. The molecule has 0 radical (unpaired) electrons. The molecule has 2 rings (SSSR count). The number of methoxy groups -OCH3 is 1. The Bertz CT molecular complexity index is 524. The van der Waals surface area contributed by atoms with Crippen molar-refractivity contribution in [2.24, 2.45) is 7.05 Å². The van der Waals surface area contributed by atoms with Gasteiger partial charge in [0.05, 0.1) is 19.3 Å². The molecule has 0 saturated carbocycles. The molecule has 21 heavy (non-hydrogen) atoms. The molecule has 116 valence electrons. The summed E-state index contributed by atoms with van der Waals surface area (Å²) in [7, 11) is 3.28. The zero-order valence-electron chi connectivity index (χ0n) is 13.0. The van der Waals surface area contributed by atoms with Crippen LogP contribution in [0.3, 0.4) is 0 Å². The van der Waals surface area contributed by atoms with Crippen LogP contribution in [0.1, 0.15) is 49.4 Å². The Balaban J connectivity index is 1.97. The topological polar surface area (TPSA) is 64.4 Å². The molecule has 1 aliphatic heterocycles. The average Bonchev–Trinajstić information content (AvgIpc) is 3.06. The highest BCUT2D eigenvalue weighted by Crippen LogP contribution is 2.34. The zero-order chi connectivity index (χ0) is 15.4. The maximum Gasteiger partial charge on any atom is 0.305 e. The van der Waals surface area contributed by atoms with E-state index in [4.69, 9.17) is 0 Å². The second kappa shape index (κ2) is 6.74. The molecular weight excluding hydrogens is 270 g/mol. The molecule has 0 aliphatic carbocycles. The number of carbonyl (C=O) groups is 2. The smallest absolute Gasteiger partial charge is 0.305 e. The Labute approximate surface area is 125 Å². The first-order valence-corrected chi connectivity index (χ1v) is 7.39. The third kappa shape index (κ3) is 3.43. The van der Waals surface area contributed by atoms with Crippen molar-refractivity contribution in [2.75, 3.05) is 13.7 Å². The molecule has 0 aromatic carbocycles. The fourth-order valence-electron chi connectivity index (χ4n) is 2.86. The number of rotatable bonds is 5. The number of carbonyl (C=O) groups excluding carboxylic acids is 2. The van der Waals surface area contributed by atoms with Gasteiger partial charge in [-0.05, 0) is 26.2 Å². The monoisotopic (exact) mass is 293 g/mol. The van der Waals surface area contributed by atoms with Crippen LogP contribution < -0.4 is 0 Å². The number of amides is 1. The van der Waals surface area contributed by atoms with Crippen LogP contribution in [0.5, 0.6) is 0 Å². The Hall–Kier alpha value is -1.85. The van der Waals surface area contributed by atoms with Crippen LogP contribution in [-0.2, 0) is 21.4 Å². The third-order valence-electron chi connectivity index (χ3n) is 4.20. The minimum atomic E-state index is -0.260. The van der Waals surface area contributed by atoms with Crippen molar-refractivity contribution in [1.82, 2.24) is 14.7 Å². The molecule has 1 aliphatic rings. The number of nitrogens with zero attached hydrogens (tertiary/aromatic N) is 3. The van der Waals surface area contributed by atoms with E-state index in [1.54, 1.807) is 0 Å². The van der Waals surface area contributed by atoms with Crippen LogP contribution in [0.2, 0.25) is 0 Å². The van der Waals surface area contributed by atoms with Gasteiger partial charge in [-0.1, -0.05) is 0 Å². The van der Waals surface area contributed by atoms with Crippen molar-refractivity contribution in [3.8, 4) is 0 Å². The standard InChI is InChI=1S/C15H23N3O3/c1-11-12(10-16-17(11)2)13-6-5-9-18(13)14(19)7-4-8-15(20)21-3/h10,13H,4-9H2,1-3H3/t13-/m0/s1. The van der Waals surface area contributed by atoms with Gasteiger partial charge < -0.3 is 9.64 Å². The van der Waals surface area contributed by atoms with E-state index in [-0.39, 0.29) is 17.9 Å². The summed E-state index contributed by atoms with van der Waals surface area (Å²) in [6, 6.07) is 0.129. The van der Waals surface area contributed by atoms with Gasteiger partial charge in [-0.15, -0.1) is 0 Å². The number of hydrogen-bond donors (Lipinski definition) is 0. The van der Waals surface area contributed by atoms with Gasteiger partial charge in [0, 0.05) is 37.7 Å². The van der Waals surface area contributed by atoms with Crippen molar-refractivity contribution >= 4 is 11.9 Å². The number of esters is 1. The fourth-order valence-corrected chi connectivity index (χ4v) is 2.86. The van der Waals surface area contributed by atoms with Gasteiger partial charge in [-0.2, -0.15) is 5.10 Å². The van der Waals surface area contributed by atoms with E-state index in [1.807, 2.05) is 29.7 Å². The van der Waals surface area contributed by atoms with E-state index in [9.17, 15) is 9.59 Å². The van der Waals surface area contributed by atoms with E-state index in [2.05, 4.69) is 9.84 Å². The summed E-state index contributed by atoms with van der Waals surface area (Å²) in [6.45, 7) is 2.82. The summed E-state index contributed by atoms with van der Waals surface area (Å²) in [5.41, 5.74) is 2.24. The molecule has 1 fully saturated rings. The lowest BCUT2D eigenvalue weighted by Crippen LogP contribution is -2.30. The number of ether oxygens (including phenoxy) is 1. The minimum Gasteiger partial charge on any atom is -0.469 e. The summed E-state index contributed by atoms with van der Waals surface area (Å²) in [5, 5.41) is 4.27. The number of aryl methyl sites for hydroxylation is 1. The first-order chi connectivity index (χ1) is 10.0. The van der Waals surface area contributed by atoms with Crippen LogP contribution in [0, 0.1) is 6.92 Å². The molecular formula is C15H23N3O3. The Kier molecular flexibility index (Phi) is 4.98. The number of aromatic nitrogens is 2. The average molecular weight is 293 g/mol. The summed E-state index contributed by atoms with van der Waals surface area (Å²) < 4.78 is 6.43. The van der Waals surface area contributed by atoms with E-state index < -0.39 is 0 Å². The maximum absolute atomic E-state index is 12.4. The lowest BCUT2D eigenvalue weighted by molar-refractivity contribution is -0.140. The number of likely N-dealkylation sites (tertiary alicyclic amines) is 1. The van der Waals surface area contributed by atoms with E-state index in [0.717, 1.165) is 30.6 Å². The SMILES string of the molecule is COC(=O)CCCC(=O)N1CCC[C@H]1c1cnn(C)c1C. The van der Waals surface area contributed by atoms with Gasteiger partial charge in [0.1, 0.15) is 0 Å². The third-order valence-corrected chi connectivity index (χ3v) is 4.20. The predicted molar refractivity (Wildman–Crippen MR) is 77.5 cm³/mol. The molecule has 0 bridgehead atoms. The van der Waals surface area contributed by atoms with E-state index in [0.29, 0.717) is 19.3 Å². The van der Waals surface area contributed by atoms with Gasteiger partial charge in [0.2, 0.25) is 5.91 Å². The largest absolute Gasteiger partial charge is 0.469 e.